The second-order valence-corrected chi connectivity index (χ2v) is 7.10. The van der Waals surface area contributed by atoms with E-state index >= 15 is 0 Å². The fourth-order valence-corrected chi connectivity index (χ4v) is 3.30. The van der Waals surface area contributed by atoms with Crippen LogP contribution in [0.2, 0.25) is 0 Å². The van der Waals surface area contributed by atoms with Gasteiger partial charge in [-0.05, 0) is 76.8 Å². The molecule has 1 aliphatic rings. The van der Waals surface area contributed by atoms with E-state index < -0.39 is 0 Å². The maximum atomic E-state index is 12.2. The summed E-state index contributed by atoms with van der Waals surface area (Å²) in [6.45, 7) is 4.48. The Labute approximate surface area is 154 Å². The first-order valence-electron chi connectivity index (χ1n) is 8.20. The van der Waals surface area contributed by atoms with E-state index in [4.69, 9.17) is 0 Å². The van der Waals surface area contributed by atoms with Crippen LogP contribution in [0.25, 0.3) is 6.08 Å². The minimum Gasteiger partial charge on any atom is -0.352 e. The molecule has 2 aromatic carbocycles. The summed E-state index contributed by atoms with van der Waals surface area (Å²) in [7, 11) is 0. The second-order valence-electron chi connectivity index (χ2n) is 6.24. The van der Waals surface area contributed by atoms with E-state index in [2.05, 4.69) is 32.3 Å². The van der Waals surface area contributed by atoms with Crippen molar-refractivity contribution in [1.29, 1.82) is 0 Å². The third kappa shape index (κ3) is 3.87. The van der Waals surface area contributed by atoms with E-state index in [-0.39, 0.29) is 17.7 Å². The molecule has 1 N–H and O–H groups in total. The molecule has 0 spiro atoms. The van der Waals surface area contributed by atoms with Gasteiger partial charge in [0, 0.05) is 11.0 Å². The minimum atomic E-state index is -0.297. The maximum absolute atomic E-state index is 12.2. The highest BCUT2D eigenvalue weighted by Crippen LogP contribution is 2.16. The lowest BCUT2D eigenvalue weighted by molar-refractivity contribution is -0.120. The lowest BCUT2D eigenvalue weighted by Gasteiger charge is -2.14. The molecular formula is C20H19BrN2O2. The molecule has 3 rings (SSSR count). The number of halogens is 1. The summed E-state index contributed by atoms with van der Waals surface area (Å²) in [6, 6.07) is 11.3. The summed E-state index contributed by atoms with van der Waals surface area (Å²) >= 11 is 3.37. The summed E-state index contributed by atoms with van der Waals surface area (Å²) in [4.78, 5) is 28.7. The summed E-state index contributed by atoms with van der Waals surface area (Å²) in [5.41, 5.74) is 2.89. The average molecular weight is 399 g/mol. The molecule has 5 heteroatoms. The fraction of sp³-hybridized carbons (Fsp3) is 0.250. The monoisotopic (exact) mass is 398 g/mol. The topological polar surface area (TPSA) is 58.5 Å². The first-order chi connectivity index (χ1) is 12.0. The number of hydrogen-bond acceptors (Lipinski definition) is 2. The predicted octanol–water partition coefficient (Wildman–Crippen LogP) is 2.44. The van der Waals surface area contributed by atoms with Gasteiger partial charge in [0.2, 0.25) is 0 Å². The zero-order chi connectivity index (χ0) is 18.0. The maximum Gasteiger partial charge on any atom is 0.253 e. The highest BCUT2D eigenvalue weighted by Gasteiger charge is 2.19. The van der Waals surface area contributed by atoms with Gasteiger partial charge in [0.25, 0.3) is 11.8 Å². The quantitative estimate of drug-likeness (QED) is 0.859. The molecule has 2 aromatic rings. The van der Waals surface area contributed by atoms with E-state index in [9.17, 15) is 9.59 Å². The summed E-state index contributed by atoms with van der Waals surface area (Å²) in [5.74, 6) is -0.598. The summed E-state index contributed by atoms with van der Waals surface area (Å²) in [6.07, 6.45) is 2.49. The SMILES string of the molecule is Cc1cc2c(cc1C)=NC(=O)C(CCNC(=O)c1ccccc1Br)C=2. The van der Waals surface area contributed by atoms with Crippen LogP contribution in [0.1, 0.15) is 27.9 Å². The molecule has 0 saturated carbocycles. The standard InChI is InChI=1S/C20H19BrN2O2/c1-12-9-15-11-14(19(24)23-18(15)10-13(12)2)7-8-22-20(25)16-5-3-4-6-17(16)21/h3-6,9-11,14H,7-8H2,1-2H3,(H,22,25). The highest BCUT2D eigenvalue weighted by atomic mass is 79.9. The summed E-state index contributed by atoms with van der Waals surface area (Å²) in [5, 5.41) is 4.60. The molecule has 0 aliphatic carbocycles. The third-order valence-corrected chi connectivity index (χ3v) is 5.12. The Hall–Kier alpha value is -2.27. The number of nitrogens with one attached hydrogen (secondary N) is 1. The van der Waals surface area contributed by atoms with Crippen molar-refractivity contribution in [2.75, 3.05) is 6.54 Å². The second kappa shape index (κ2) is 7.31. The Balaban J connectivity index is 1.69. The highest BCUT2D eigenvalue weighted by molar-refractivity contribution is 9.10. The van der Waals surface area contributed by atoms with Crippen LogP contribution in [0, 0.1) is 19.8 Å². The van der Waals surface area contributed by atoms with Crippen LogP contribution in [-0.2, 0) is 4.79 Å². The molecule has 1 aliphatic heterocycles. The van der Waals surface area contributed by atoms with Gasteiger partial charge < -0.3 is 5.32 Å². The number of amides is 2. The smallest absolute Gasteiger partial charge is 0.253 e. The third-order valence-electron chi connectivity index (χ3n) is 4.43. The van der Waals surface area contributed by atoms with Gasteiger partial charge in [-0.3, -0.25) is 9.59 Å². The molecule has 0 aromatic heterocycles. The van der Waals surface area contributed by atoms with Crippen molar-refractivity contribution in [3.8, 4) is 0 Å². The molecule has 2 amide bonds. The van der Waals surface area contributed by atoms with Crippen LogP contribution in [-0.4, -0.2) is 18.4 Å². The largest absolute Gasteiger partial charge is 0.352 e. The van der Waals surface area contributed by atoms with Gasteiger partial charge in [-0.2, -0.15) is 0 Å². The van der Waals surface area contributed by atoms with Gasteiger partial charge in [-0.25, -0.2) is 4.99 Å². The van der Waals surface area contributed by atoms with Crippen molar-refractivity contribution < 1.29 is 9.59 Å². The molecule has 0 saturated heterocycles. The molecule has 1 heterocycles. The Bertz CT molecular complexity index is 966. The van der Waals surface area contributed by atoms with Crippen LogP contribution < -0.4 is 15.9 Å². The van der Waals surface area contributed by atoms with Crippen molar-refractivity contribution in [1.82, 2.24) is 5.32 Å². The van der Waals surface area contributed by atoms with Crippen molar-refractivity contribution in [2.45, 2.75) is 20.3 Å². The normalized spacial score (nSPS) is 15.8. The van der Waals surface area contributed by atoms with Crippen molar-refractivity contribution in [3.63, 3.8) is 0 Å². The Morgan fingerprint density at radius 2 is 1.92 bits per heavy atom. The van der Waals surface area contributed by atoms with Crippen LogP contribution in [0.5, 0.6) is 0 Å². The van der Waals surface area contributed by atoms with Gasteiger partial charge in [-0.1, -0.05) is 18.2 Å². The minimum absolute atomic E-state index is 0.147. The first-order valence-corrected chi connectivity index (χ1v) is 8.99. The zero-order valence-corrected chi connectivity index (χ0v) is 15.8. The predicted molar refractivity (Wildman–Crippen MR) is 101 cm³/mol. The molecule has 0 bridgehead atoms. The molecular weight excluding hydrogens is 380 g/mol. The van der Waals surface area contributed by atoms with Crippen LogP contribution in [0.15, 0.2) is 45.9 Å². The molecule has 1 unspecified atom stereocenters. The number of aryl methyl sites for hydroxylation is 2. The van der Waals surface area contributed by atoms with Gasteiger partial charge in [0.1, 0.15) is 0 Å². The van der Waals surface area contributed by atoms with E-state index in [1.807, 2.05) is 44.2 Å². The zero-order valence-electron chi connectivity index (χ0n) is 14.2. The molecule has 25 heavy (non-hydrogen) atoms. The van der Waals surface area contributed by atoms with Crippen LogP contribution in [0.4, 0.5) is 0 Å². The number of carbonyl (C=O) groups excluding carboxylic acids is 2. The van der Waals surface area contributed by atoms with Crippen LogP contribution in [0.3, 0.4) is 0 Å². The molecule has 1 atom stereocenters. The molecule has 0 fully saturated rings. The molecule has 0 radical (unpaired) electrons. The van der Waals surface area contributed by atoms with E-state index in [1.165, 1.54) is 5.56 Å². The van der Waals surface area contributed by atoms with E-state index in [1.54, 1.807) is 6.07 Å². The number of benzene rings is 2. The van der Waals surface area contributed by atoms with Gasteiger partial charge in [0.05, 0.1) is 16.8 Å². The fourth-order valence-electron chi connectivity index (χ4n) is 2.83. The molecule has 128 valence electrons. The van der Waals surface area contributed by atoms with Crippen molar-refractivity contribution in [3.05, 3.63) is 68.1 Å². The lowest BCUT2D eigenvalue weighted by atomic mass is 9.98. The van der Waals surface area contributed by atoms with Crippen LogP contribution >= 0.6 is 15.9 Å². The average Bonchev–Trinajstić information content (AvgIpc) is 2.57. The van der Waals surface area contributed by atoms with Crippen molar-refractivity contribution >= 4 is 33.8 Å². The number of hydrogen-bond donors (Lipinski definition) is 1. The number of fused-ring (bicyclic) bond motifs is 1. The van der Waals surface area contributed by atoms with Gasteiger partial charge >= 0.3 is 0 Å². The van der Waals surface area contributed by atoms with Crippen molar-refractivity contribution in [2.24, 2.45) is 10.9 Å². The Morgan fingerprint density at radius 3 is 2.68 bits per heavy atom. The first kappa shape index (κ1) is 17.5. The number of carbonyl (C=O) groups is 2. The number of nitrogens with zero attached hydrogens (tertiary/aromatic N) is 1. The Morgan fingerprint density at radius 1 is 1.20 bits per heavy atom. The lowest BCUT2D eigenvalue weighted by Crippen LogP contribution is -2.36. The van der Waals surface area contributed by atoms with Gasteiger partial charge in [-0.15, -0.1) is 0 Å². The Kier molecular flexibility index (Phi) is 5.13. The van der Waals surface area contributed by atoms with Gasteiger partial charge in [0.15, 0.2) is 0 Å². The van der Waals surface area contributed by atoms with E-state index in [0.29, 0.717) is 18.5 Å². The number of rotatable bonds is 4. The van der Waals surface area contributed by atoms with E-state index in [0.717, 1.165) is 20.6 Å². The molecule has 4 nitrogen and oxygen atoms in total. The summed E-state index contributed by atoms with van der Waals surface area (Å²) < 4.78 is 0.752.